The predicted octanol–water partition coefficient (Wildman–Crippen LogP) is 3.91. The molecule has 1 aromatic carbocycles. The van der Waals surface area contributed by atoms with E-state index in [1.165, 1.54) is 22.3 Å². The van der Waals surface area contributed by atoms with E-state index in [4.69, 9.17) is 16.7 Å². The summed E-state index contributed by atoms with van der Waals surface area (Å²) in [5, 5.41) is 12.5. The summed E-state index contributed by atoms with van der Waals surface area (Å²) >= 11 is 6.16. The maximum absolute atomic E-state index is 9.04. The van der Waals surface area contributed by atoms with E-state index in [2.05, 4.69) is 52.8 Å². The highest BCUT2D eigenvalue weighted by Crippen LogP contribution is 2.30. The number of allylic oxidation sites excluding steroid dienone is 3. The molecule has 2 unspecified atom stereocenters. The van der Waals surface area contributed by atoms with Gasteiger partial charge in [0.15, 0.2) is 0 Å². The Kier molecular flexibility index (Phi) is 6.40. The third kappa shape index (κ3) is 4.79. The van der Waals surface area contributed by atoms with E-state index in [1.54, 1.807) is 0 Å². The Balaban J connectivity index is 1.81. The van der Waals surface area contributed by atoms with Crippen molar-refractivity contribution in [3.05, 3.63) is 78.2 Å². The van der Waals surface area contributed by atoms with Gasteiger partial charge in [0, 0.05) is 31.4 Å². The summed E-state index contributed by atoms with van der Waals surface area (Å²) in [6, 6.07) is 12.7. The summed E-state index contributed by atoms with van der Waals surface area (Å²) in [4.78, 5) is 4.07. The highest BCUT2D eigenvalue weighted by Gasteiger charge is 2.17. The molecule has 2 N–H and O–H groups in total. The average molecular weight is 355 g/mol. The molecule has 0 aliphatic heterocycles. The van der Waals surface area contributed by atoms with Gasteiger partial charge in [-0.2, -0.15) is 0 Å². The summed E-state index contributed by atoms with van der Waals surface area (Å²) in [7, 11) is 0. The van der Waals surface area contributed by atoms with E-state index in [9.17, 15) is 0 Å². The summed E-state index contributed by atoms with van der Waals surface area (Å²) in [5.41, 5.74) is 4.88. The predicted molar refractivity (Wildman–Crippen MR) is 104 cm³/mol. The molecule has 2 atom stereocenters. The molecule has 1 aliphatic rings. The van der Waals surface area contributed by atoms with Crippen LogP contribution in [-0.2, 0) is 0 Å². The van der Waals surface area contributed by atoms with Crippen molar-refractivity contribution in [3.8, 4) is 11.1 Å². The van der Waals surface area contributed by atoms with Gasteiger partial charge in [0.1, 0.15) is 0 Å². The van der Waals surface area contributed by atoms with Gasteiger partial charge in [0.25, 0.3) is 0 Å². The Labute approximate surface area is 154 Å². The summed E-state index contributed by atoms with van der Waals surface area (Å²) < 4.78 is 0. The standard InChI is InChI=1S/C21H23ClN2O/c22-20-7-5-19(6-8-20)21(15-24-13-14-25)18-3-1-16(2-4-18)17-9-11-23-12-10-17/h1-7,9-12,20-21,24-25H,8,13-15H2. The van der Waals surface area contributed by atoms with E-state index in [0.717, 1.165) is 13.0 Å². The van der Waals surface area contributed by atoms with Gasteiger partial charge < -0.3 is 10.4 Å². The second-order valence-corrected chi connectivity index (χ2v) is 6.71. The number of aromatic nitrogens is 1. The molecule has 130 valence electrons. The third-order valence-electron chi connectivity index (χ3n) is 4.44. The van der Waals surface area contributed by atoms with Crippen LogP contribution >= 0.6 is 11.6 Å². The van der Waals surface area contributed by atoms with Crippen LogP contribution in [0.2, 0.25) is 0 Å². The molecule has 0 fully saturated rings. The fourth-order valence-corrected chi connectivity index (χ4v) is 3.24. The van der Waals surface area contributed by atoms with Gasteiger partial charge in [0.05, 0.1) is 12.0 Å². The molecular formula is C21H23ClN2O. The Hall–Kier alpha value is -1.94. The van der Waals surface area contributed by atoms with Crippen molar-refractivity contribution in [2.45, 2.75) is 17.7 Å². The molecule has 0 spiro atoms. The molecule has 1 aliphatic carbocycles. The minimum absolute atomic E-state index is 0.0869. The second kappa shape index (κ2) is 8.95. The molecule has 1 heterocycles. The van der Waals surface area contributed by atoms with E-state index in [-0.39, 0.29) is 17.9 Å². The van der Waals surface area contributed by atoms with Gasteiger partial charge in [-0.05, 0) is 40.8 Å². The van der Waals surface area contributed by atoms with Crippen LogP contribution in [0.25, 0.3) is 11.1 Å². The number of halogens is 1. The SMILES string of the molecule is OCCNCC(C1=CCC(Cl)C=C1)c1ccc(-c2ccncc2)cc1. The number of nitrogens with one attached hydrogen (secondary N) is 1. The van der Waals surface area contributed by atoms with Gasteiger partial charge in [-0.3, -0.25) is 4.98 Å². The largest absolute Gasteiger partial charge is 0.395 e. The lowest BCUT2D eigenvalue weighted by molar-refractivity contribution is 0.292. The molecule has 0 saturated carbocycles. The maximum atomic E-state index is 9.04. The van der Waals surface area contributed by atoms with E-state index < -0.39 is 0 Å². The minimum Gasteiger partial charge on any atom is -0.395 e. The maximum Gasteiger partial charge on any atom is 0.0555 e. The number of alkyl halides is 1. The van der Waals surface area contributed by atoms with Crippen molar-refractivity contribution in [2.75, 3.05) is 19.7 Å². The number of pyridine rings is 1. The highest BCUT2D eigenvalue weighted by atomic mass is 35.5. The van der Waals surface area contributed by atoms with E-state index in [1.807, 2.05) is 24.5 Å². The van der Waals surface area contributed by atoms with Crippen molar-refractivity contribution in [1.82, 2.24) is 10.3 Å². The monoisotopic (exact) mass is 354 g/mol. The minimum atomic E-state index is 0.0869. The molecule has 0 radical (unpaired) electrons. The van der Waals surface area contributed by atoms with Crippen molar-refractivity contribution < 1.29 is 5.11 Å². The Morgan fingerprint density at radius 1 is 1.12 bits per heavy atom. The number of benzene rings is 1. The zero-order chi connectivity index (χ0) is 17.5. The van der Waals surface area contributed by atoms with Gasteiger partial charge in [-0.15, -0.1) is 11.6 Å². The van der Waals surface area contributed by atoms with E-state index in [0.29, 0.717) is 6.54 Å². The molecular weight excluding hydrogens is 332 g/mol. The lowest BCUT2D eigenvalue weighted by Crippen LogP contribution is -2.25. The first-order valence-electron chi connectivity index (χ1n) is 8.62. The van der Waals surface area contributed by atoms with Crippen LogP contribution < -0.4 is 5.32 Å². The van der Waals surface area contributed by atoms with Gasteiger partial charge >= 0.3 is 0 Å². The zero-order valence-electron chi connectivity index (χ0n) is 14.1. The Morgan fingerprint density at radius 3 is 2.48 bits per heavy atom. The summed E-state index contributed by atoms with van der Waals surface area (Å²) in [5.74, 6) is 0.249. The Morgan fingerprint density at radius 2 is 1.84 bits per heavy atom. The quantitative estimate of drug-likeness (QED) is 0.585. The molecule has 0 bridgehead atoms. The first-order chi connectivity index (χ1) is 12.3. The van der Waals surface area contributed by atoms with Crippen LogP contribution in [0.4, 0.5) is 0 Å². The average Bonchev–Trinajstić information content (AvgIpc) is 2.67. The van der Waals surface area contributed by atoms with Crippen LogP contribution in [0.1, 0.15) is 17.9 Å². The summed E-state index contributed by atoms with van der Waals surface area (Å²) in [6.45, 7) is 1.53. The molecule has 3 rings (SSSR count). The molecule has 2 aromatic rings. The molecule has 0 amide bonds. The highest BCUT2D eigenvalue weighted by molar-refractivity contribution is 6.22. The fraction of sp³-hybridized carbons (Fsp3) is 0.286. The van der Waals surface area contributed by atoms with Crippen LogP contribution in [0.15, 0.2) is 72.6 Å². The Bertz CT molecular complexity index is 725. The zero-order valence-corrected chi connectivity index (χ0v) is 14.9. The van der Waals surface area contributed by atoms with Gasteiger partial charge in [-0.25, -0.2) is 0 Å². The van der Waals surface area contributed by atoms with Crippen LogP contribution in [0.5, 0.6) is 0 Å². The molecule has 3 nitrogen and oxygen atoms in total. The molecule has 0 saturated heterocycles. The first-order valence-corrected chi connectivity index (χ1v) is 9.06. The van der Waals surface area contributed by atoms with Crippen LogP contribution in [0, 0.1) is 0 Å². The smallest absolute Gasteiger partial charge is 0.0555 e. The second-order valence-electron chi connectivity index (χ2n) is 6.15. The number of nitrogens with zero attached hydrogens (tertiary/aromatic N) is 1. The van der Waals surface area contributed by atoms with Crippen LogP contribution in [0.3, 0.4) is 0 Å². The normalized spacial score (nSPS) is 18.0. The third-order valence-corrected chi connectivity index (χ3v) is 4.77. The topological polar surface area (TPSA) is 45.1 Å². The first kappa shape index (κ1) is 17.9. The van der Waals surface area contributed by atoms with Crippen molar-refractivity contribution >= 4 is 11.6 Å². The lowest BCUT2D eigenvalue weighted by Gasteiger charge is -2.22. The van der Waals surface area contributed by atoms with Gasteiger partial charge in [0.2, 0.25) is 0 Å². The fourth-order valence-electron chi connectivity index (χ4n) is 3.08. The van der Waals surface area contributed by atoms with Crippen molar-refractivity contribution in [3.63, 3.8) is 0 Å². The van der Waals surface area contributed by atoms with Crippen molar-refractivity contribution in [1.29, 1.82) is 0 Å². The number of aliphatic hydroxyl groups excluding tert-OH is 1. The van der Waals surface area contributed by atoms with Crippen LogP contribution in [-0.4, -0.2) is 35.2 Å². The molecule has 25 heavy (non-hydrogen) atoms. The lowest BCUT2D eigenvalue weighted by atomic mass is 9.87. The molecule has 4 heteroatoms. The summed E-state index contributed by atoms with van der Waals surface area (Å²) in [6.07, 6.45) is 10.9. The van der Waals surface area contributed by atoms with Crippen molar-refractivity contribution in [2.24, 2.45) is 0 Å². The number of rotatable bonds is 7. The van der Waals surface area contributed by atoms with Gasteiger partial charge in [-0.1, -0.05) is 42.5 Å². The molecule has 1 aromatic heterocycles. The number of aliphatic hydroxyl groups is 1. The number of hydrogen-bond donors (Lipinski definition) is 2. The number of hydrogen-bond acceptors (Lipinski definition) is 3. The van der Waals surface area contributed by atoms with E-state index >= 15 is 0 Å².